The van der Waals surface area contributed by atoms with Crippen LogP contribution in [0.3, 0.4) is 0 Å². The maximum atomic E-state index is 5.77. The summed E-state index contributed by atoms with van der Waals surface area (Å²) in [6, 6.07) is 7.85. The van der Waals surface area contributed by atoms with Crippen molar-refractivity contribution in [3.05, 3.63) is 30.0 Å². The smallest absolute Gasteiger partial charge is 0.157 e. The van der Waals surface area contributed by atoms with Crippen molar-refractivity contribution in [3.63, 3.8) is 0 Å². The zero-order chi connectivity index (χ0) is 9.26. The molecule has 0 saturated carbocycles. The summed E-state index contributed by atoms with van der Waals surface area (Å²) in [5.41, 5.74) is 7.29. The Balaban J connectivity index is 2.55. The molecule has 2 N–H and O–H groups in total. The van der Waals surface area contributed by atoms with Crippen molar-refractivity contribution in [2.75, 3.05) is 12.0 Å². The number of anilines is 1. The SMILES string of the molecule is CSCc1cc2cccc(N)c2o1. The molecule has 0 saturated heterocycles. The Morgan fingerprint density at radius 1 is 1.46 bits per heavy atom. The first-order chi connectivity index (χ1) is 6.31. The van der Waals surface area contributed by atoms with Crippen molar-refractivity contribution >= 4 is 28.4 Å². The number of para-hydroxylation sites is 1. The standard InChI is InChI=1S/C10H11NOS/c1-13-6-8-5-7-3-2-4-9(11)10(7)12-8/h2-5H,6,11H2,1H3. The normalized spacial score (nSPS) is 10.8. The van der Waals surface area contributed by atoms with E-state index in [4.69, 9.17) is 10.2 Å². The van der Waals surface area contributed by atoms with Gasteiger partial charge in [0.25, 0.3) is 0 Å². The molecule has 0 spiro atoms. The molecule has 2 nitrogen and oxygen atoms in total. The summed E-state index contributed by atoms with van der Waals surface area (Å²) in [6.07, 6.45) is 2.05. The number of thioether (sulfide) groups is 1. The van der Waals surface area contributed by atoms with Crippen molar-refractivity contribution in [2.45, 2.75) is 5.75 Å². The Morgan fingerprint density at radius 2 is 2.31 bits per heavy atom. The van der Waals surface area contributed by atoms with E-state index in [0.29, 0.717) is 5.69 Å². The van der Waals surface area contributed by atoms with Crippen LogP contribution in [-0.4, -0.2) is 6.26 Å². The van der Waals surface area contributed by atoms with E-state index in [1.54, 1.807) is 11.8 Å². The molecule has 0 aliphatic heterocycles. The Hall–Kier alpha value is -1.09. The van der Waals surface area contributed by atoms with E-state index in [1.165, 1.54) is 0 Å². The first-order valence-electron chi connectivity index (χ1n) is 4.07. The minimum atomic E-state index is 0.713. The number of nitrogen functional groups attached to an aromatic ring is 1. The maximum Gasteiger partial charge on any atom is 0.157 e. The number of benzene rings is 1. The van der Waals surface area contributed by atoms with Gasteiger partial charge in [0.05, 0.1) is 11.4 Å². The molecular formula is C10H11NOS. The van der Waals surface area contributed by atoms with Crippen molar-refractivity contribution in [1.82, 2.24) is 0 Å². The average molecular weight is 193 g/mol. The number of hydrogen-bond acceptors (Lipinski definition) is 3. The first kappa shape index (κ1) is 8.51. The monoisotopic (exact) mass is 193 g/mol. The molecule has 1 aromatic heterocycles. The lowest BCUT2D eigenvalue weighted by molar-refractivity contribution is 0.575. The van der Waals surface area contributed by atoms with Gasteiger partial charge in [-0.05, 0) is 18.4 Å². The number of rotatable bonds is 2. The topological polar surface area (TPSA) is 39.2 Å². The highest BCUT2D eigenvalue weighted by Gasteiger charge is 2.04. The van der Waals surface area contributed by atoms with Crippen LogP contribution in [0, 0.1) is 0 Å². The first-order valence-corrected chi connectivity index (χ1v) is 5.46. The Labute approximate surface area is 81.1 Å². The summed E-state index contributed by atoms with van der Waals surface area (Å²) in [6.45, 7) is 0. The van der Waals surface area contributed by atoms with E-state index in [2.05, 4.69) is 6.26 Å². The molecular weight excluding hydrogens is 182 g/mol. The van der Waals surface area contributed by atoms with Crippen molar-refractivity contribution < 1.29 is 4.42 Å². The maximum absolute atomic E-state index is 5.77. The summed E-state index contributed by atoms with van der Waals surface area (Å²) in [4.78, 5) is 0. The van der Waals surface area contributed by atoms with Gasteiger partial charge in [0.2, 0.25) is 0 Å². The molecule has 0 unspecified atom stereocenters. The van der Waals surface area contributed by atoms with Gasteiger partial charge in [0.15, 0.2) is 5.58 Å². The highest BCUT2D eigenvalue weighted by atomic mass is 32.2. The van der Waals surface area contributed by atoms with Crippen LogP contribution < -0.4 is 5.73 Å². The minimum Gasteiger partial charge on any atom is -0.458 e. The van der Waals surface area contributed by atoms with Gasteiger partial charge in [-0.2, -0.15) is 11.8 Å². The quantitative estimate of drug-likeness (QED) is 0.745. The van der Waals surface area contributed by atoms with Crippen LogP contribution >= 0.6 is 11.8 Å². The summed E-state index contributed by atoms with van der Waals surface area (Å²) in [5.74, 6) is 1.88. The molecule has 0 aliphatic rings. The Bertz CT molecular complexity index is 422. The van der Waals surface area contributed by atoms with Gasteiger partial charge in [-0.3, -0.25) is 0 Å². The lowest BCUT2D eigenvalue weighted by atomic mass is 10.2. The predicted molar refractivity (Wildman–Crippen MR) is 57.8 cm³/mol. The second kappa shape index (κ2) is 3.34. The van der Waals surface area contributed by atoms with E-state index in [0.717, 1.165) is 22.5 Å². The van der Waals surface area contributed by atoms with E-state index >= 15 is 0 Å². The van der Waals surface area contributed by atoms with Crippen molar-refractivity contribution in [3.8, 4) is 0 Å². The van der Waals surface area contributed by atoms with E-state index in [-0.39, 0.29) is 0 Å². The van der Waals surface area contributed by atoms with Crippen LogP contribution in [0.5, 0.6) is 0 Å². The summed E-state index contributed by atoms with van der Waals surface area (Å²) >= 11 is 1.74. The zero-order valence-electron chi connectivity index (χ0n) is 7.41. The Morgan fingerprint density at radius 3 is 3.00 bits per heavy atom. The molecule has 13 heavy (non-hydrogen) atoms. The van der Waals surface area contributed by atoms with Gasteiger partial charge in [0.1, 0.15) is 5.76 Å². The third-order valence-corrected chi connectivity index (χ3v) is 2.49. The van der Waals surface area contributed by atoms with Crippen LogP contribution in [0.25, 0.3) is 11.0 Å². The van der Waals surface area contributed by atoms with Crippen LogP contribution in [-0.2, 0) is 5.75 Å². The molecule has 1 aromatic carbocycles. The second-order valence-electron chi connectivity index (χ2n) is 2.91. The van der Waals surface area contributed by atoms with Crippen LogP contribution in [0.1, 0.15) is 5.76 Å². The highest BCUT2D eigenvalue weighted by Crippen LogP contribution is 2.26. The molecule has 68 valence electrons. The molecule has 1 heterocycles. The van der Waals surface area contributed by atoms with Crippen molar-refractivity contribution in [2.24, 2.45) is 0 Å². The molecule has 0 radical (unpaired) electrons. The predicted octanol–water partition coefficient (Wildman–Crippen LogP) is 2.88. The minimum absolute atomic E-state index is 0.713. The number of furan rings is 1. The third kappa shape index (κ3) is 1.52. The van der Waals surface area contributed by atoms with Gasteiger partial charge in [-0.1, -0.05) is 12.1 Å². The Kier molecular flexibility index (Phi) is 2.19. The largest absolute Gasteiger partial charge is 0.458 e. The summed E-state index contributed by atoms with van der Waals surface area (Å²) < 4.78 is 5.59. The molecule has 3 heteroatoms. The van der Waals surface area contributed by atoms with Crippen LogP contribution in [0.2, 0.25) is 0 Å². The fourth-order valence-electron chi connectivity index (χ4n) is 1.35. The number of hydrogen-bond donors (Lipinski definition) is 1. The molecule has 2 aromatic rings. The van der Waals surface area contributed by atoms with Gasteiger partial charge < -0.3 is 10.2 Å². The summed E-state index contributed by atoms with van der Waals surface area (Å²) in [5, 5.41) is 1.09. The van der Waals surface area contributed by atoms with E-state index in [9.17, 15) is 0 Å². The molecule has 0 atom stereocenters. The fourth-order valence-corrected chi connectivity index (χ4v) is 1.78. The molecule has 0 amide bonds. The van der Waals surface area contributed by atoms with Crippen molar-refractivity contribution in [1.29, 1.82) is 0 Å². The number of nitrogens with two attached hydrogens (primary N) is 1. The van der Waals surface area contributed by atoms with Gasteiger partial charge in [-0.25, -0.2) is 0 Å². The third-order valence-electron chi connectivity index (χ3n) is 1.91. The highest BCUT2D eigenvalue weighted by molar-refractivity contribution is 7.97. The fraction of sp³-hybridized carbons (Fsp3) is 0.200. The average Bonchev–Trinajstić information content (AvgIpc) is 2.49. The number of fused-ring (bicyclic) bond motifs is 1. The lowest BCUT2D eigenvalue weighted by Crippen LogP contribution is -1.82. The second-order valence-corrected chi connectivity index (χ2v) is 3.78. The molecule has 0 bridgehead atoms. The van der Waals surface area contributed by atoms with Gasteiger partial charge >= 0.3 is 0 Å². The molecule has 2 rings (SSSR count). The van der Waals surface area contributed by atoms with Crippen LogP contribution in [0.4, 0.5) is 5.69 Å². The van der Waals surface area contributed by atoms with Gasteiger partial charge in [-0.15, -0.1) is 0 Å². The summed E-state index contributed by atoms with van der Waals surface area (Å²) in [7, 11) is 0. The van der Waals surface area contributed by atoms with E-state index < -0.39 is 0 Å². The zero-order valence-corrected chi connectivity index (χ0v) is 8.23. The molecule has 0 aliphatic carbocycles. The van der Waals surface area contributed by atoms with Gasteiger partial charge in [0, 0.05) is 5.39 Å². The molecule has 0 fully saturated rings. The van der Waals surface area contributed by atoms with E-state index in [1.807, 2.05) is 24.3 Å². The van der Waals surface area contributed by atoms with Crippen LogP contribution in [0.15, 0.2) is 28.7 Å². The lowest BCUT2D eigenvalue weighted by Gasteiger charge is -1.92.